The van der Waals surface area contributed by atoms with Crippen molar-refractivity contribution in [2.24, 2.45) is 34.2 Å². The van der Waals surface area contributed by atoms with Crippen LogP contribution in [0, 0.1) is 39.2 Å². The summed E-state index contributed by atoms with van der Waals surface area (Å²) in [6.07, 6.45) is 7.37. The summed E-state index contributed by atoms with van der Waals surface area (Å²) in [5.41, 5.74) is -0.0805. The number of phenolic OH excluding ortho intramolecular Hbond substituents is 1. The summed E-state index contributed by atoms with van der Waals surface area (Å²) in [6.45, 7) is 0. The number of amides is 2. The number of fused-ring (bicyclic) bond motifs is 3. The Morgan fingerprint density at radius 3 is 2.33 bits per heavy atom. The molecule has 9 heteroatoms. The molecular formula is C18H14BrN3O5. The second kappa shape index (κ2) is 5.25. The third kappa shape index (κ3) is 2.06. The number of non-ortho nitro benzene ring substituents is 1. The molecule has 2 saturated carbocycles. The standard InChI is InChI=1S/C18H14BrN3O5/c19-12-6-9(22(26)27)5-8(15(12)23)7-20-21-16(24)13-10-1-2-11(14(13)17(21)25)18(10)3-4-18/h1-2,5-7,10-11,13-14,23H,3-4H2/b20-7-/t10-,11-,13-,14+/m1/s1. The molecule has 2 amide bonds. The van der Waals surface area contributed by atoms with Gasteiger partial charge in [0.15, 0.2) is 0 Å². The maximum absolute atomic E-state index is 12.8. The molecule has 8 nitrogen and oxygen atoms in total. The zero-order valence-electron chi connectivity index (χ0n) is 13.9. The van der Waals surface area contributed by atoms with Gasteiger partial charge in [-0.25, -0.2) is 0 Å². The van der Waals surface area contributed by atoms with E-state index in [1.165, 1.54) is 6.07 Å². The van der Waals surface area contributed by atoms with Gasteiger partial charge in [-0.2, -0.15) is 10.1 Å². The highest BCUT2D eigenvalue weighted by atomic mass is 79.9. The van der Waals surface area contributed by atoms with Gasteiger partial charge in [-0.05, 0) is 46.0 Å². The molecule has 1 aromatic carbocycles. The molecular weight excluding hydrogens is 418 g/mol. The summed E-state index contributed by atoms with van der Waals surface area (Å²) in [5, 5.41) is 25.9. The van der Waals surface area contributed by atoms with Crippen molar-refractivity contribution in [2.45, 2.75) is 12.8 Å². The zero-order chi connectivity index (χ0) is 19.1. The van der Waals surface area contributed by atoms with E-state index in [1.54, 1.807) is 0 Å². The van der Waals surface area contributed by atoms with Gasteiger partial charge in [0.2, 0.25) is 0 Å². The van der Waals surface area contributed by atoms with Crippen molar-refractivity contribution < 1.29 is 19.6 Å². The molecule has 1 spiro atoms. The average Bonchev–Trinajstić information content (AvgIpc) is 3.23. The van der Waals surface area contributed by atoms with Crippen molar-refractivity contribution in [3.05, 3.63) is 44.4 Å². The first-order valence-corrected chi connectivity index (χ1v) is 9.41. The van der Waals surface area contributed by atoms with Crippen LogP contribution in [0.2, 0.25) is 0 Å². The Hall–Kier alpha value is -2.55. The summed E-state index contributed by atoms with van der Waals surface area (Å²) in [4.78, 5) is 36.0. The molecule has 1 aromatic rings. The SMILES string of the molecule is O=C1[C@@H]2[C@H](C(=O)N1/N=C\c1cc([N+](=O)[O-])cc(Br)c1O)[C@H]1C=C[C@H]2C12CC2. The van der Waals surface area contributed by atoms with Crippen LogP contribution in [-0.4, -0.2) is 33.1 Å². The lowest BCUT2D eigenvalue weighted by atomic mass is 9.85. The first kappa shape index (κ1) is 16.6. The van der Waals surface area contributed by atoms with E-state index >= 15 is 0 Å². The summed E-state index contributed by atoms with van der Waals surface area (Å²) in [7, 11) is 0. The Morgan fingerprint density at radius 2 is 1.81 bits per heavy atom. The molecule has 0 aromatic heterocycles. The monoisotopic (exact) mass is 431 g/mol. The maximum atomic E-state index is 12.8. The van der Waals surface area contributed by atoms with Crippen molar-refractivity contribution in [3.63, 3.8) is 0 Å². The molecule has 4 aliphatic rings. The molecule has 0 unspecified atom stereocenters. The van der Waals surface area contributed by atoms with Gasteiger partial charge in [0, 0.05) is 17.7 Å². The largest absolute Gasteiger partial charge is 0.506 e. The van der Waals surface area contributed by atoms with E-state index < -0.39 is 4.92 Å². The van der Waals surface area contributed by atoms with Gasteiger partial charge < -0.3 is 5.11 Å². The molecule has 0 radical (unpaired) electrons. The van der Waals surface area contributed by atoms with Gasteiger partial charge >= 0.3 is 0 Å². The molecule has 3 fully saturated rings. The van der Waals surface area contributed by atoms with Gasteiger partial charge in [-0.15, -0.1) is 0 Å². The number of halogens is 1. The summed E-state index contributed by atoms with van der Waals surface area (Å²) < 4.78 is 0.131. The van der Waals surface area contributed by atoms with Crippen LogP contribution in [0.15, 0.2) is 33.9 Å². The van der Waals surface area contributed by atoms with Crippen LogP contribution in [0.5, 0.6) is 5.75 Å². The van der Waals surface area contributed by atoms with Gasteiger partial charge in [-0.3, -0.25) is 19.7 Å². The number of nitrogens with zero attached hydrogens (tertiary/aromatic N) is 3. The number of allylic oxidation sites excluding steroid dienone is 2. The van der Waals surface area contributed by atoms with Crippen molar-refractivity contribution in [2.75, 3.05) is 0 Å². The highest BCUT2D eigenvalue weighted by Crippen LogP contribution is 2.73. The number of rotatable bonds is 3. The topological polar surface area (TPSA) is 113 Å². The number of hydrazone groups is 1. The van der Waals surface area contributed by atoms with Gasteiger partial charge in [0.1, 0.15) is 5.75 Å². The van der Waals surface area contributed by atoms with Crippen molar-refractivity contribution >= 4 is 39.6 Å². The van der Waals surface area contributed by atoms with Crippen molar-refractivity contribution in [1.82, 2.24) is 5.01 Å². The lowest BCUT2D eigenvalue weighted by Gasteiger charge is -2.18. The van der Waals surface area contributed by atoms with Crippen LogP contribution < -0.4 is 0 Å². The Labute approximate surface area is 161 Å². The second-order valence-electron chi connectivity index (χ2n) is 7.58. The second-order valence-corrected chi connectivity index (χ2v) is 8.43. The molecule has 4 atom stereocenters. The number of carbonyl (C=O) groups excluding carboxylic acids is 2. The number of hydrogen-bond donors (Lipinski definition) is 1. The molecule has 3 aliphatic carbocycles. The predicted molar refractivity (Wildman–Crippen MR) is 96.7 cm³/mol. The van der Waals surface area contributed by atoms with E-state index in [0.29, 0.717) is 0 Å². The Balaban J connectivity index is 1.46. The number of carbonyl (C=O) groups is 2. The minimum absolute atomic E-state index is 0.0495. The van der Waals surface area contributed by atoms with Crippen LogP contribution in [-0.2, 0) is 9.59 Å². The third-order valence-electron chi connectivity index (χ3n) is 6.43. The first-order valence-electron chi connectivity index (χ1n) is 8.62. The number of nitro groups is 1. The van der Waals surface area contributed by atoms with Crippen molar-refractivity contribution in [1.29, 1.82) is 0 Å². The number of aromatic hydroxyl groups is 1. The average molecular weight is 432 g/mol. The summed E-state index contributed by atoms with van der Waals surface area (Å²) in [6, 6.07) is 2.31. The normalized spacial score (nSPS) is 32.1. The number of nitro benzene ring substituents is 1. The van der Waals surface area contributed by atoms with Crippen LogP contribution in [0.3, 0.4) is 0 Å². The highest BCUT2D eigenvalue weighted by Gasteiger charge is 2.73. The fraction of sp³-hybridized carbons (Fsp3) is 0.389. The minimum atomic E-state index is -0.601. The minimum Gasteiger partial charge on any atom is -0.506 e. The van der Waals surface area contributed by atoms with E-state index in [4.69, 9.17) is 0 Å². The van der Waals surface area contributed by atoms with Crippen LogP contribution >= 0.6 is 15.9 Å². The Morgan fingerprint density at radius 1 is 1.22 bits per heavy atom. The number of benzene rings is 1. The molecule has 138 valence electrons. The Bertz CT molecular complexity index is 949. The van der Waals surface area contributed by atoms with E-state index in [0.717, 1.165) is 30.1 Å². The molecule has 1 aliphatic heterocycles. The molecule has 5 rings (SSSR count). The van der Waals surface area contributed by atoms with Gasteiger partial charge in [0.05, 0.1) is 27.4 Å². The maximum Gasteiger partial charge on any atom is 0.271 e. The molecule has 27 heavy (non-hydrogen) atoms. The summed E-state index contributed by atoms with van der Waals surface area (Å²) >= 11 is 3.05. The number of hydrogen-bond acceptors (Lipinski definition) is 6. The summed E-state index contributed by atoms with van der Waals surface area (Å²) in [5.74, 6) is -1.42. The van der Waals surface area contributed by atoms with E-state index in [1.807, 2.05) is 0 Å². The smallest absolute Gasteiger partial charge is 0.271 e. The van der Waals surface area contributed by atoms with Crippen LogP contribution in [0.1, 0.15) is 18.4 Å². The fourth-order valence-corrected chi connectivity index (χ4v) is 5.57. The quantitative estimate of drug-likeness (QED) is 0.259. The first-order chi connectivity index (χ1) is 12.8. The predicted octanol–water partition coefficient (Wildman–Crippen LogP) is 2.59. The zero-order valence-corrected chi connectivity index (χ0v) is 15.5. The molecule has 2 bridgehead atoms. The molecule has 1 saturated heterocycles. The van der Waals surface area contributed by atoms with E-state index in [9.17, 15) is 24.8 Å². The lowest BCUT2D eigenvalue weighted by molar-refractivity contribution is -0.385. The highest BCUT2D eigenvalue weighted by molar-refractivity contribution is 9.10. The number of imide groups is 1. The fourth-order valence-electron chi connectivity index (χ4n) is 5.11. The van der Waals surface area contributed by atoms with Gasteiger partial charge in [-0.1, -0.05) is 12.2 Å². The van der Waals surface area contributed by atoms with Crippen LogP contribution in [0.25, 0.3) is 0 Å². The van der Waals surface area contributed by atoms with E-state index in [-0.39, 0.29) is 62.4 Å². The third-order valence-corrected chi connectivity index (χ3v) is 7.03. The Kier molecular flexibility index (Phi) is 3.23. The number of phenols is 1. The van der Waals surface area contributed by atoms with Crippen molar-refractivity contribution in [3.8, 4) is 5.75 Å². The molecule has 1 heterocycles. The molecule has 1 N–H and O–H groups in total. The van der Waals surface area contributed by atoms with Gasteiger partial charge in [0.25, 0.3) is 17.5 Å². The lowest BCUT2D eigenvalue weighted by Crippen LogP contribution is -2.30. The van der Waals surface area contributed by atoms with Crippen LogP contribution in [0.4, 0.5) is 5.69 Å². The van der Waals surface area contributed by atoms with E-state index in [2.05, 4.69) is 33.2 Å².